The monoisotopic (exact) mass is 468 g/mol. The zero-order chi connectivity index (χ0) is 18.8. The SMILES string of the molecule is C=I[C@@H]1C[C@]1(NC(=O)[C@@H]1CCCN1C(O)OC(C)(C)C)C(=O)OCC. The van der Waals surface area contributed by atoms with Gasteiger partial charge >= 0.3 is 5.97 Å². The highest BCUT2D eigenvalue weighted by atomic mass is 127. The molecule has 2 rings (SSSR count). The number of ether oxygens (including phenoxy) is 2. The van der Waals surface area contributed by atoms with Gasteiger partial charge in [-0.2, -0.15) is 0 Å². The molecule has 0 spiro atoms. The quantitative estimate of drug-likeness (QED) is 0.252. The van der Waals surface area contributed by atoms with E-state index >= 15 is 0 Å². The van der Waals surface area contributed by atoms with Crippen molar-refractivity contribution in [2.24, 2.45) is 0 Å². The van der Waals surface area contributed by atoms with Crippen LogP contribution in [-0.4, -0.2) is 67.1 Å². The van der Waals surface area contributed by atoms with Crippen molar-refractivity contribution in [2.45, 2.75) is 74.5 Å². The van der Waals surface area contributed by atoms with Crippen LogP contribution in [0.2, 0.25) is 0 Å². The van der Waals surface area contributed by atoms with Gasteiger partial charge in [-0.05, 0) is 47.0 Å². The fourth-order valence-electron chi connectivity index (χ4n) is 3.08. The number of hydrogen-bond acceptors (Lipinski definition) is 6. The van der Waals surface area contributed by atoms with Crippen molar-refractivity contribution in [3.63, 3.8) is 0 Å². The van der Waals surface area contributed by atoms with Gasteiger partial charge in [0.1, 0.15) is 0 Å². The van der Waals surface area contributed by atoms with Gasteiger partial charge in [-0.1, -0.05) is 4.51 Å². The van der Waals surface area contributed by atoms with Crippen LogP contribution in [0.4, 0.5) is 0 Å². The number of halogens is 1. The second-order valence-corrected chi connectivity index (χ2v) is 9.84. The van der Waals surface area contributed by atoms with Crippen LogP contribution >= 0.6 is 20.7 Å². The smallest absolute Gasteiger partial charge is 0.332 e. The molecule has 4 atom stereocenters. The van der Waals surface area contributed by atoms with Crippen LogP contribution in [0.15, 0.2) is 0 Å². The second-order valence-electron chi connectivity index (χ2n) is 7.46. The normalized spacial score (nSPS) is 30.8. The lowest BCUT2D eigenvalue weighted by Gasteiger charge is -2.33. The van der Waals surface area contributed by atoms with Crippen LogP contribution in [0.5, 0.6) is 0 Å². The van der Waals surface area contributed by atoms with E-state index in [0.717, 1.165) is 6.42 Å². The maximum Gasteiger partial charge on any atom is 0.332 e. The molecule has 1 aliphatic heterocycles. The van der Waals surface area contributed by atoms with Crippen molar-refractivity contribution < 1.29 is 24.2 Å². The van der Waals surface area contributed by atoms with Gasteiger partial charge in [-0.25, -0.2) is 9.69 Å². The number of nitrogens with one attached hydrogen (secondary N) is 1. The van der Waals surface area contributed by atoms with Gasteiger partial charge in [-0.3, -0.25) is 4.79 Å². The second kappa shape index (κ2) is 7.98. The first-order valence-electron chi connectivity index (χ1n) is 8.62. The first-order chi connectivity index (χ1) is 11.6. The summed E-state index contributed by atoms with van der Waals surface area (Å²) in [4.78, 5) is 26.8. The van der Waals surface area contributed by atoms with E-state index in [1.165, 1.54) is 0 Å². The van der Waals surface area contributed by atoms with Gasteiger partial charge in [0.05, 0.1) is 18.2 Å². The Labute approximate surface area is 159 Å². The maximum absolute atomic E-state index is 12.8. The molecule has 2 N–H and O–H groups in total. The number of hydrogen-bond donors (Lipinski definition) is 2. The molecule has 0 aromatic heterocycles. The molecule has 1 unspecified atom stereocenters. The molecule has 144 valence electrons. The molecule has 8 heteroatoms. The number of nitrogens with zero attached hydrogens (tertiary/aromatic N) is 1. The molecule has 2 fully saturated rings. The van der Waals surface area contributed by atoms with Gasteiger partial charge in [0.2, 0.25) is 12.3 Å². The summed E-state index contributed by atoms with van der Waals surface area (Å²) >= 11 is -0.417. The molecular formula is C17H29IN2O5. The third kappa shape index (κ3) is 4.78. The van der Waals surface area contributed by atoms with Crippen LogP contribution in [0, 0.1) is 0 Å². The summed E-state index contributed by atoms with van der Waals surface area (Å²) in [5.41, 5.74) is -1.43. The zero-order valence-corrected chi connectivity index (χ0v) is 17.5. The van der Waals surface area contributed by atoms with Crippen LogP contribution in [0.25, 0.3) is 0 Å². The number of carbonyl (C=O) groups excluding carboxylic acids is 2. The Morgan fingerprint density at radius 3 is 2.68 bits per heavy atom. The minimum atomic E-state index is -1.15. The Balaban J connectivity index is 2.06. The molecule has 0 aromatic carbocycles. The highest BCUT2D eigenvalue weighted by molar-refractivity contribution is 14.2. The summed E-state index contributed by atoms with van der Waals surface area (Å²) < 4.78 is 14.8. The number of aliphatic hydroxyl groups is 1. The lowest BCUT2D eigenvalue weighted by Crippen LogP contribution is -2.55. The lowest BCUT2D eigenvalue weighted by atomic mass is 10.1. The molecule has 7 nitrogen and oxygen atoms in total. The molecule has 2 aliphatic rings. The standard InChI is InChI=1S/C17H29IN2O5/c1-6-24-14(22)17(10-12(17)18-5)19-13(21)11-8-7-9-20(11)15(23)25-16(2,3)4/h11-12,15,23H,5-10H2,1-4H3,(H,19,21)/t11-,12+,15?,17+/m0/s1. The number of aliphatic hydroxyl groups excluding tert-OH is 1. The first kappa shape index (κ1) is 20.7. The minimum absolute atomic E-state index is 0.111. The van der Waals surface area contributed by atoms with Crippen LogP contribution in [0.3, 0.4) is 0 Å². The first-order valence-corrected chi connectivity index (χ1v) is 11.4. The predicted molar refractivity (Wildman–Crippen MR) is 104 cm³/mol. The van der Waals surface area contributed by atoms with E-state index in [1.54, 1.807) is 11.8 Å². The molecule has 1 heterocycles. The highest BCUT2D eigenvalue weighted by Crippen LogP contribution is 2.46. The van der Waals surface area contributed by atoms with Crippen molar-refractivity contribution in [3.05, 3.63) is 0 Å². The summed E-state index contributed by atoms with van der Waals surface area (Å²) in [6.45, 7) is 8.17. The summed E-state index contributed by atoms with van der Waals surface area (Å²) in [6.07, 6.45) is 0.870. The molecule has 0 aromatic rings. The maximum atomic E-state index is 12.8. The average Bonchev–Trinajstić information content (AvgIpc) is 3.00. The average molecular weight is 468 g/mol. The molecule has 1 saturated carbocycles. The van der Waals surface area contributed by atoms with Crippen LogP contribution < -0.4 is 5.32 Å². The fourth-order valence-corrected chi connectivity index (χ4v) is 5.25. The van der Waals surface area contributed by atoms with E-state index in [4.69, 9.17) is 9.47 Å². The van der Waals surface area contributed by atoms with E-state index in [-0.39, 0.29) is 22.4 Å². The van der Waals surface area contributed by atoms with Gasteiger partial charge in [0.25, 0.3) is 0 Å². The Morgan fingerprint density at radius 1 is 1.48 bits per heavy atom. The van der Waals surface area contributed by atoms with Gasteiger partial charge in [0, 0.05) is 10.5 Å². The molecule has 1 saturated heterocycles. The number of amides is 1. The Kier molecular flexibility index (Phi) is 6.61. The Bertz CT molecular complexity index is 536. The number of alkyl halides is 1. The van der Waals surface area contributed by atoms with E-state index in [1.807, 2.05) is 20.8 Å². The van der Waals surface area contributed by atoms with Gasteiger partial charge in [-0.15, -0.1) is 20.7 Å². The van der Waals surface area contributed by atoms with Crippen molar-refractivity contribution in [3.8, 4) is 0 Å². The van der Waals surface area contributed by atoms with Crippen LogP contribution in [0.1, 0.15) is 47.0 Å². The Hall–Kier alpha value is -0.580. The van der Waals surface area contributed by atoms with E-state index in [9.17, 15) is 14.7 Å². The lowest BCUT2D eigenvalue weighted by molar-refractivity contribution is -0.241. The largest absolute Gasteiger partial charge is 0.464 e. The van der Waals surface area contributed by atoms with E-state index in [2.05, 4.69) is 9.83 Å². The third-order valence-electron chi connectivity index (χ3n) is 4.39. The molecule has 1 aliphatic carbocycles. The molecule has 0 radical (unpaired) electrons. The zero-order valence-electron chi connectivity index (χ0n) is 15.4. The third-order valence-corrected chi connectivity index (χ3v) is 6.95. The topological polar surface area (TPSA) is 88.1 Å². The number of carbonyl (C=O) groups is 2. The van der Waals surface area contributed by atoms with Crippen LogP contribution in [-0.2, 0) is 19.1 Å². The molecular weight excluding hydrogens is 439 g/mol. The summed E-state index contributed by atoms with van der Waals surface area (Å²) in [5.74, 6) is -0.616. The fraction of sp³-hybridized carbons (Fsp3) is 0.824. The number of esters is 1. The van der Waals surface area contributed by atoms with Gasteiger partial charge < -0.3 is 19.9 Å². The van der Waals surface area contributed by atoms with Gasteiger partial charge in [0.15, 0.2) is 5.54 Å². The van der Waals surface area contributed by atoms with Crippen molar-refractivity contribution in [1.82, 2.24) is 10.2 Å². The molecule has 25 heavy (non-hydrogen) atoms. The number of likely N-dealkylation sites (tertiary alicyclic amines) is 1. The Morgan fingerprint density at radius 2 is 2.16 bits per heavy atom. The highest BCUT2D eigenvalue weighted by Gasteiger charge is 2.62. The van der Waals surface area contributed by atoms with E-state index < -0.39 is 44.3 Å². The van der Waals surface area contributed by atoms with Crippen molar-refractivity contribution in [2.75, 3.05) is 13.2 Å². The summed E-state index contributed by atoms with van der Waals surface area (Å²) in [6, 6.07) is -0.507. The van der Waals surface area contributed by atoms with Crippen molar-refractivity contribution in [1.29, 1.82) is 0 Å². The predicted octanol–water partition coefficient (Wildman–Crippen LogP) is 1.13. The molecule has 0 bridgehead atoms. The van der Waals surface area contributed by atoms with Crippen molar-refractivity contribution >= 4 is 37.1 Å². The summed E-state index contributed by atoms with van der Waals surface area (Å²) in [5, 5.41) is 13.2. The summed E-state index contributed by atoms with van der Waals surface area (Å²) in [7, 11) is 0. The van der Waals surface area contributed by atoms with E-state index in [0.29, 0.717) is 19.4 Å². The molecule has 1 amide bonds. The minimum Gasteiger partial charge on any atom is -0.464 e. The number of rotatable bonds is 7.